The van der Waals surface area contributed by atoms with Gasteiger partial charge in [0.15, 0.2) is 0 Å². The lowest BCUT2D eigenvalue weighted by Gasteiger charge is -2.05. The summed E-state index contributed by atoms with van der Waals surface area (Å²) < 4.78 is 28.7. The Hall–Kier alpha value is -4.49. The van der Waals surface area contributed by atoms with Crippen LogP contribution in [0.15, 0.2) is 115 Å². The number of nitrogens with zero attached hydrogens (tertiary/aromatic N) is 2. The molecular weight excluding hydrogens is 470 g/mol. The Labute approximate surface area is 209 Å². The number of carbonyl (C=O) groups is 1. The Morgan fingerprint density at radius 1 is 0.833 bits per heavy atom. The SMILES string of the molecule is O=C(/C=C/c1cn(-c2ccccc2)nc1-c1ccc2ccccc2c1)NS(=O)(=O)Cc1ccccc1. The molecule has 0 aliphatic heterocycles. The minimum absolute atomic E-state index is 0.276. The molecular formula is C29H23N3O3S. The molecule has 0 saturated heterocycles. The molecule has 0 unspecified atom stereocenters. The molecule has 0 aliphatic rings. The minimum Gasteiger partial charge on any atom is -0.269 e. The van der Waals surface area contributed by atoms with Crippen LogP contribution in [0, 0.1) is 0 Å². The Morgan fingerprint density at radius 3 is 2.25 bits per heavy atom. The lowest BCUT2D eigenvalue weighted by Crippen LogP contribution is -2.30. The van der Waals surface area contributed by atoms with Crippen LogP contribution < -0.4 is 4.72 Å². The van der Waals surface area contributed by atoms with Gasteiger partial charge in [0.1, 0.15) is 0 Å². The van der Waals surface area contributed by atoms with Gasteiger partial charge in [-0.25, -0.2) is 17.8 Å². The van der Waals surface area contributed by atoms with Gasteiger partial charge in [-0.15, -0.1) is 0 Å². The maximum absolute atomic E-state index is 12.5. The van der Waals surface area contributed by atoms with Crippen LogP contribution in [0.1, 0.15) is 11.1 Å². The van der Waals surface area contributed by atoms with E-state index in [1.165, 1.54) is 6.08 Å². The van der Waals surface area contributed by atoms with E-state index in [9.17, 15) is 13.2 Å². The number of benzene rings is 4. The first kappa shape index (κ1) is 23.3. The molecule has 1 amide bonds. The smallest absolute Gasteiger partial charge is 0.257 e. The monoisotopic (exact) mass is 493 g/mol. The van der Waals surface area contributed by atoms with Gasteiger partial charge in [0.05, 0.1) is 17.1 Å². The molecule has 4 aromatic carbocycles. The first-order chi connectivity index (χ1) is 17.5. The summed E-state index contributed by atoms with van der Waals surface area (Å²) in [4.78, 5) is 12.5. The van der Waals surface area contributed by atoms with Crippen LogP contribution in [0.4, 0.5) is 0 Å². The summed E-state index contributed by atoms with van der Waals surface area (Å²) in [7, 11) is -3.83. The second-order valence-electron chi connectivity index (χ2n) is 8.32. The normalized spacial score (nSPS) is 11.7. The van der Waals surface area contributed by atoms with Crippen LogP contribution in [0.3, 0.4) is 0 Å². The largest absolute Gasteiger partial charge is 0.269 e. The summed E-state index contributed by atoms with van der Waals surface area (Å²) >= 11 is 0. The number of para-hydroxylation sites is 1. The Balaban J connectivity index is 1.45. The van der Waals surface area contributed by atoms with Crippen molar-refractivity contribution >= 4 is 32.8 Å². The summed E-state index contributed by atoms with van der Waals surface area (Å²) in [5, 5.41) is 6.97. The van der Waals surface area contributed by atoms with E-state index in [-0.39, 0.29) is 5.75 Å². The van der Waals surface area contributed by atoms with Crippen LogP contribution in [0.5, 0.6) is 0 Å². The zero-order valence-corrected chi connectivity index (χ0v) is 20.1. The van der Waals surface area contributed by atoms with Crippen LogP contribution in [-0.2, 0) is 20.6 Å². The van der Waals surface area contributed by atoms with E-state index in [1.807, 2.05) is 72.9 Å². The van der Waals surface area contributed by atoms with Gasteiger partial charge >= 0.3 is 0 Å². The first-order valence-electron chi connectivity index (χ1n) is 11.4. The fourth-order valence-corrected chi connectivity index (χ4v) is 5.04. The van der Waals surface area contributed by atoms with Crippen LogP contribution in [0.2, 0.25) is 0 Å². The fourth-order valence-electron chi connectivity index (χ4n) is 3.97. The van der Waals surface area contributed by atoms with Crippen molar-refractivity contribution in [3.8, 4) is 16.9 Å². The third-order valence-electron chi connectivity index (χ3n) is 5.66. The Morgan fingerprint density at radius 2 is 1.50 bits per heavy atom. The van der Waals surface area contributed by atoms with E-state index < -0.39 is 15.9 Å². The third kappa shape index (κ3) is 5.42. The van der Waals surface area contributed by atoms with Gasteiger partial charge in [-0.05, 0) is 40.6 Å². The van der Waals surface area contributed by atoms with Crippen molar-refractivity contribution in [2.75, 3.05) is 0 Å². The van der Waals surface area contributed by atoms with Crippen molar-refractivity contribution in [1.29, 1.82) is 0 Å². The maximum Gasteiger partial charge on any atom is 0.257 e. The molecule has 0 aliphatic carbocycles. The lowest BCUT2D eigenvalue weighted by molar-refractivity contribution is -0.114. The van der Waals surface area contributed by atoms with Crippen molar-refractivity contribution in [2.24, 2.45) is 0 Å². The van der Waals surface area contributed by atoms with Crippen LogP contribution >= 0.6 is 0 Å². The second-order valence-corrected chi connectivity index (χ2v) is 10.0. The van der Waals surface area contributed by atoms with E-state index in [4.69, 9.17) is 5.10 Å². The number of nitrogens with one attached hydrogen (secondary N) is 1. The molecule has 0 atom stereocenters. The number of carbonyl (C=O) groups excluding carboxylic acids is 1. The van der Waals surface area contributed by atoms with Crippen molar-refractivity contribution < 1.29 is 13.2 Å². The highest BCUT2D eigenvalue weighted by molar-refractivity contribution is 7.89. The standard InChI is InChI=1S/C29H23N3O3S/c33-28(31-36(34,35)21-22-9-3-1-4-10-22)18-17-26-20-32(27-13-5-2-6-14-27)30-29(26)25-16-15-23-11-7-8-12-24(23)19-25/h1-20H,21H2,(H,31,33)/b18-17+. The number of aromatic nitrogens is 2. The highest BCUT2D eigenvalue weighted by Crippen LogP contribution is 2.28. The van der Waals surface area contributed by atoms with E-state index in [2.05, 4.69) is 10.8 Å². The lowest BCUT2D eigenvalue weighted by atomic mass is 10.0. The van der Waals surface area contributed by atoms with Crippen molar-refractivity contribution in [1.82, 2.24) is 14.5 Å². The molecule has 0 saturated carbocycles. The number of rotatable bonds is 7. The van der Waals surface area contributed by atoms with Gasteiger partial charge in [-0.2, -0.15) is 5.10 Å². The first-order valence-corrected chi connectivity index (χ1v) is 13.0. The summed E-state index contributed by atoms with van der Waals surface area (Å²) in [5.74, 6) is -0.996. The molecule has 7 heteroatoms. The quantitative estimate of drug-likeness (QED) is 0.310. The van der Waals surface area contributed by atoms with Crippen molar-refractivity contribution in [3.63, 3.8) is 0 Å². The molecule has 0 radical (unpaired) electrons. The Bertz CT molecular complexity index is 1660. The van der Waals surface area contributed by atoms with Gasteiger partial charge in [-0.3, -0.25) is 4.79 Å². The predicted molar refractivity (Wildman–Crippen MR) is 143 cm³/mol. The average Bonchev–Trinajstić information content (AvgIpc) is 3.32. The molecule has 0 spiro atoms. The number of fused-ring (bicyclic) bond motifs is 1. The van der Waals surface area contributed by atoms with Crippen LogP contribution in [-0.4, -0.2) is 24.1 Å². The number of sulfonamides is 1. The molecule has 178 valence electrons. The summed E-state index contributed by atoms with van der Waals surface area (Å²) in [6, 6.07) is 32.5. The van der Waals surface area contributed by atoms with Crippen molar-refractivity contribution in [3.05, 3.63) is 127 Å². The Kier molecular flexibility index (Phi) is 6.47. The molecule has 1 aromatic heterocycles. The zero-order chi connectivity index (χ0) is 25.0. The highest BCUT2D eigenvalue weighted by Gasteiger charge is 2.15. The summed E-state index contributed by atoms with van der Waals surface area (Å²) in [6.07, 6.45) is 4.63. The average molecular weight is 494 g/mol. The van der Waals surface area contributed by atoms with E-state index in [0.29, 0.717) is 16.8 Å². The van der Waals surface area contributed by atoms with E-state index in [1.54, 1.807) is 41.1 Å². The highest BCUT2D eigenvalue weighted by atomic mass is 32.2. The topological polar surface area (TPSA) is 81.1 Å². The minimum atomic E-state index is -3.83. The molecule has 5 aromatic rings. The van der Waals surface area contributed by atoms with Gasteiger partial charge in [0, 0.05) is 23.4 Å². The number of hydrogen-bond acceptors (Lipinski definition) is 4. The molecule has 0 fully saturated rings. The van der Waals surface area contributed by atoms with Gasteiger partial charge < -0.3 is 0 Å². The summed E-state index contributed by atoms with van der Waals surface area (Å²) in [5.41, 5.74) is 3.73. The van der Waals surface area contributed by atoms with Crippen molar-refractivity contribution in [2.45, 2.75) is 5.75 Å². The fraction of sp³-hybridized carbons (Fsp3) is 0.0345. The van der Waals surface area contributed by atoms with Gasteiger partial charge in [0.2, 0.25) is 10.0 Å². The van der Waals surface area contributed by atoms with Gasteiger partial charge in [-0.1, -0.05) is 84.9 Å². The second kappa shape index (κ2) is 10.0. The molecule has 1 N–H and O–H groups in total. The molecule has 1 heterocycles. The summed E-state index contributed by atoms with van der Waals surface area (Å²) in [6.45, 7) is 0. The molecule has 36 heavy (non-hydrogen) atoms. The van der Waals surface area contributed by atoms with E-state index >= 15 is 0 Å². The maximum atomic E-state index is 12.5. The predicted octanol–water partition coefficient (Wildman–Crippen LogP) is 5.35. The van der Waals surface area contributed by atoms with Gasteiger partial charge in [0.25, 0.3) is 5.91 Å². The van der Waals surface area contributed by atoms with E-state index in [0.717, 1.165) is 22.0 Å². The number of hydrogen-bond donors (Lipinski definition) is 1. The molecule has 6 nitrogen and oxygen atoms in total. The third-order valence-corrected chi connectivity index (χ3v) is 6.88. The zero-order valence-electron chi connectivity index (χ0n) is 19.3. The number of amides is 1. The molecule has 5 rings (SSSR count). The van der Waals surface area contributed by atoms with Crippen LogP contribution in [0.25, 0.3) is 33.8 Å². The molecule has 0 bridgehead atoms.